The molecule has 4 rings (SSSR count). The van der Waals surface area contributed by atoms with Crippen LogP contribution >= 0.6 is 11.6 Å². The predicted molar refractivity (Wildman–Crippen MR) is 118 cm³/mol. The zero-order valence-electron chi connectivity index (χ0n) is 17.0. The van der Waals surface area contributed by atoms with Crippen LogP contribution in [0, 0.1) is 10.1 Å². The molecule has 9 nitrogen and oxygen atoms in total. The fourth-order valence-electron chi connectivity index (χ4n) is 3.67. The van der Waals surface area contributed by atoms with Crippen molar-refractivity contribution in [1.29, 1.82) is 0 Å². The number of anilines is 4. The van der Waals surface area contributed by atoms with Gasteiger partial charge in [-0.3, -0.25) is 10.1 Å². The average molecular weight is 442 g/mol. The highest BCUT2D eigenvalue weighted by Crippen LogP contribution is 2.42. The normalized spacial score (nSPS) is 12.8. The van der Waals surface area contributed by atoms with Crippen molar-refractivity contribution in [2.75, 3.05) is 31.0 Å². The van der Waals surface area contributed by atoms with E-state index in [1.165, 1.54) is 20.5 Å². The van der Waals surface area contributed by atoms with E-state index in [0.717, 1.165) is 24.1 Å². The Morgan fingerprint density at radius 1 is 1.16 bits per heavy atom. The second kappa shape index (κ2) is 8.65. The molecule has 31 heavy (non-hydrogen) atoms. The molecule has 160 valence electrons. The van der Waals surface area contributed by atoms with Gasteiger partial charge in [0.2, 0.25) is 11.6 Å². The molecule has 1 aromatic heterocycles. The molecule has 0 saturated heterocycles. The van der Waals surface area contributed by atoms with Gasteiger partial charge in [0.1, 0.15) is 17.8 Å². The van der Waals surface area contributed by atoms with Gasteiger partial charge >= 0.3 is 5.69 Å². The first-order valence-electron chi connectivity index (χ1n) is 9.57. The van der Waals surface area contributed by atoms with Gasteiger partial charge in [0.15, 0.2) is 0 Å². The van der Waals surface area contributed by atoms with Crippen LogP contribution in [0.5, 0.6) is 11.5 Å². The van der Waals surface area contributed by atoms with Gasteiger partial charge in [-0.05, 0) is 30.5 Å². The van der Waals surface area contributed by atoms with Crippen molar-refractivity contribution < 1.29 is 14.4 Å². The largest absolute Gasteiger partial charge is 0.495 e. The summed E-state index contributed by atoms with van der Waals surface area (Å²) in [7, 11) is 2.98. The maximum atomic E-state index is 12.1. The number of fused-ring (bicyclic) bond motifs is 1. The number of aromatic nitrogens is 2. The molecular weight excluding hydrogens is 422 g/mol. The van der Waals surface area contributed by atoms with E-state index in [4.69, 9.17) is 21.1 Å². The number of benzene rings is 2. The van der Waals surface area contributed by atoms with Crippen LogP contribution in [0.25, 0.3) is 0 Å². The van der Waals surface area contributed by atoms with Crippen LogP contribution in [0.2, 0.25) is 5.02 Å². The topological polar surface area (TPSA) is 103 Å². The molecule has 2 aromatic carbocycles. The van der Waals surface area contributed by atoms with Gasteiger partial charge in [0.05, 0.1) is 29.9 Å². The van der Waals surface area contributed by atoms with Crippen LogP contribution < -0.4 is 19.7 Å². The lowest BCUT2D eigenvalue weighted by molar-refractivity contribution is -0.383. The molecular formula is C21H20ClN5O4. The number of nitrogens with one attached hydrogen (secondary N) is 1. The van der Waals surface area contributed by atoms with Crippen molar-refractivity contribution in [3.63, 3.8) is 0 Å². The first kappa shape index (κ1) is 20.7. The van der Waals surface area contributed by atoms with Crippen LogP contribution in [0.15, 0.2) is 42.7 Å². The van der Waals surface area contributed by atoms with E-state index in [1.807, 2.05) is 29.2 Å². The summed E-state index contributed by atoms with van der Waals surface area (Å²) < 4.78 is 10.6. The molecule has 0 amide bonds. The summed E-state index contributed by atoms with van der Waals surface area (Å²) in [5.41, 5.74) is 2.22. The van der Waals surface area contributed by atoms with E-state index >= 15 is 0 Å². The van der Waals surface area contributed by atoms with Crippen molar-refractivity contribution in [3.8, 4) is 11.5 Å². The van der Waals surface area contributed by atoms with Crippen molar-refractivity contribution >= 4 is 40.3 Å². The molecule has 1 N–H and O–H groups in total. The molecule has 1 aliphatic heterocycles. The zero-order chi connectivity index (χ0) is 22.0. The molecule has 0 radical (unpaired) electrons. The van der Waals surface area contributed by atoms with Crippen LogP contribution in [-0.4, -0.2) is 35.7 Å². The highest BCUT2D eigenvalue weighted by Gasteiger charge is 2.30. The third-order valence-corrected chi connectivity index (χ3v) is 5.37. The van der Waals surface area contributed by atoms with E-state index < -0.39 is 4.92 Å². The minimum absolute atomic E-state index is 0.0394. The van der Waals surface area contributed by atoms with E-state index in [1.54, 1.807) is 12.1 Å². The molecule has 0 unspecified atom stereocenters. The summed E-state index contributed by atoms with van der Waals surface area (Å²) in [5, 5.41) is 15.4. The van der Waals surface area contributed by atoms with Crippen molar-refractivity contribution in [3.05, 3.63) is 63.4 Å². The number of nitro groups is 1. The predicted octanol–water partition coefficient (Wildman–Crippen LogP) is 4.88. The Morgan fingerprint density at radius 2 is 1.94 bits per heavy atom. The Morgan fingerprint density at radius 3 is 2.68 bits per heavy atom. The second-order valence-corrected chi connectivity index (χ2v) is 7.25. The third-order valence-electron chi connectivity index (χ3n) is 5.08. The average Bonchev–Trinajstić information content (AvgIpc) is 2.78. The zero-order valence-corrected chi connectivity index (χ0v) is 17.7. The first-order valence-corrected chi connectivity index (χ1v) is 9.94. The van der Waals surface area contributed by atoms with Crippen molar-refractivity contribution in [1.82, 2.24) is 9.97 Å². The Hall–Kier alpha value is -3.59. The van der Waals surface area contributed by atoms with Gasteiger partial charge in [-0.15, -0.1) is 0 Å². The number of hydrogen-bond donors (Lipinski definition) is 1. The maximum Gasteiger partial charge on any atom is 0.354 e. The molecule has 1 aliphatic rings. The van der Waals surface area contributed by atoms with Crippen LogP contribution in [0.1, 0.15) is 12.0 Å². The maximum absolute atomic E-state index is 12.1. The molecule has 0 atom stereocenters. The standard InChI is InChI=1S/C21H20ClN5O4/c1-30-17-11-18(31-2)15(10-14(17)22)25-20-19(27(28)29)21(24-12-23-20)26-9-5-7-13-6-3-4-8-16(13)26/h3-4,6,8,10-12H,5,7,9H2,1-2H3,(H,23,24,25). The van der Waals surface area contributed by atoms with Crippen LogP contribution in [0.3, 0.4) is 0 Å². The van der Waals surface area contributed by atoms with Crippen LogP contribution in [0.4, 0.5) is 28.7 Å². The number of methoxy groups -OCH3 is 2. The Bertz CT molecular complexity index is 1140. The summed E-state index contributed by atoms with van der Waals surface area (Å²) >= 11 is 6.24. The number of hydrogen-bond acceptors (Lipinski definition) is 8. The number of ether oxygens (including phenoxy) is 2. The van der Waals surface area contributed by atoms with E-state index in [-0.39, 0.29) is 17.3 Å². The number of halogens is 1. The molecule has 0 spiro atoms. The summed E-state index contributed by atoms with van der Waals surface area (Å²) in [6.07, 6.45) is 3.08. The molecule has 0 saturated carbocycles. The summed E-state index contributed by atoms with van der Waals surface area (Å²) in [5.74, 6) is 1.09. The summed E-state index contributed by atoms with van der Waals surface area (Å²) in [6, 6.07) is 11.0. The fraction of sp³-hybridized carbons (Fsp3) is 0.238. The lowest BCUT2D eigenvalue weighted by Crippen LogP contribution is -2.26. The molecule has 0 fully saturated rings. The van der Waals surface area contributed by atoms with Gasteiger partial charge in [-0.1, -0.05) is 29.8 Å². The lowest BCUT2D eigenvalue weighted by atomic mass is 10.0. The lowest BCUT2D eigenvalue weighted by Gasteiger charge is -2.30. The van der Waals surface area contributed by atoms with E-state index in [2.05, 4.69) is 15.3 Å². The SMILES string of the molecule is COc1cc(OC)c(Nc2ncnc(N3CCCc4ccccc43)c2[N+](=O)[O-])cc1Cl. The van der Waals surface area contributed by atoms with Crippen LogP contribution in [-0.2, 0) is 6.42 Å². The monoisotopic (exact) mass is 441 g/mol. The van der Waals surface area contributed by atoms with Crippen molar-refractivity contribution in [2.24, 2.45) is 0 Å². The van der Waals surface area contributed by atoms with E-state index in [0.29, 0.717) is 28.8 Å². The highest BCUT2D eigenvalue weighted by atomic mass is 35.5. The molecule has 0 bridgehead atoms. The van der Waals surface area contributed by atoms with E-state index in [9.17, 15) is 10.1 Å². The minimum atomic E-state index is -0.480. The molecule has 2 heterocycles. The van der Waals surface area contributed by atoms with Crippen molar-refractivity contribution in [2.45, 2.75) is 12.8 Å². The smallest absolute Gasteiger partial charge is 0.354 e. The second-order valence-electron chi connectivity index (χ2n) is 6.85. The molecule has 3 aromatic rings. The molecule has 10 heteroatoms. The van der Waals surface area contributed by atoms with Gasteiger partial charge in [0.25, 0.3) is 0 Å². The quantitative estimate of drug-likeness (QED) is 0.426. The molecule has 0 aliphatic carbocycles. The third kappa shape index (κ3) is 3.91. The number of nitrogens with zero attached hydrogens (tertiary/aromatic N) is 4. The number of para-hydroxylation sites is 1. The number of rotatable bonds is 6. The highest BCUT2D eigenvalue weighted by molar-refractivity contribution is 6.32. The Labute approximate surface area is 183 Å². The Kier molecular flexibility index (Phi) is 5.77. The first-order chi connectivity index (χ1) is 15.0. The Balaban J connectivity index is 1.80. The summed E-state index contributed by atoms with van der Waals surface area (Å²) in [4.78, 5) is 21.9. The van der Waals surface area contributed by atoms with Gasteiger partial charge in [-0.2, -0.15) is 0 Å². The van der Waals surface area contributed by atoms with Gasteiger partial charge < -0.3 is 19.7 Å². The number of aryl methyl sites for hydroxylation is 1. The summed E-state index contributed by atoms with van der Waals surface area (Å²) in [6.45, 7) is 0.617. The van der Waals surface area contributed by atoms with Gasteiger partial charge in [0, 0.05) is 18.3 Å². The van der Waals surface area contributed by atoms with Gasteiger partial charge in [-0.25, -0.2) is 9.97 Å². The minimum Gasteiger partial charge on any atom is -0.495 e. The fourth-order valence-corrected chi connectivity index (χ4v) is 3.91.